The van der Waals surface area contributed by atoms with Crippen molar-refractivity contribution in [2.45, 2.75) is 63.9 Å². The second kappa shape index (κ2) is 13.4. The molecule has 0 unspecified atom stereocenters. The first-order valence-electron chi connectivity index (χ1n) is 13.4. The summed E-state index contributed by atoms with van der Waals surface area (Å²) in [6, 6.07) is 3.53. The van der Waals surface area contributed by atoms with Gasteiger partial charge in [-0.25, -0.2) is 4.39 Å². The van der Waals surface area contributed by atoms with E-state index in [-0.39, 0.29) is 42.4 Å². The Morgan fingerprint density at radius 1 is 1.23 bits per heavy atom. The summed E-state index contributed by atoms with van der Waals surface area (Å²) < 4.78 is 20.1. The standard InChI is InChI=1S/C27H37FN6O4S/c1-17(2)21-13-33(15-25-31-23(16-39-3)32-38-25)14-24(35)29-10-4-6-18-8-9-20(28)19(12-18)27(37)34-11-5-7-22(34)26(36)30-21/h8-9,12,17,21-22H,4-7,10-11,13-16H2,1-3H3,(H,29,35)(H,30,36)/t21-,22-/m0/s1. The molecule has 3 heterocycles. The number of hydrogen-bond donors (Lipinski definition) is 2. The number of halogens is 1. The molecule has 0 aliphatic carbocycles. The summed E-state index contributed by atoms with van der Waals surface area (Å²) in [7, 11) is 0. The minimum absolute atomic E-state index is 0.0208. The number of nitrogens with zero attached hydrogens (tertiary/aromatic N) is 4. The van der Waals surface area contributed by atoms with Crippen molar-refractivity contribution in [3.05, 3.63) is 46.9 Å². The molecule has 1 saturated heterocycles. The van der Waals surface area contributed by atoms with Crippen LogP contribution in [0.2, 0.25) is 0 Å². The molecule has 2 N–H and O–H groups in total. The van der Waals surface area contributed by atoms with Crippen LogP contribution in [0.3, 0.4) is 0 Å². The van der Waals surface area contributed by atoms with Gasteiger partial charge in [-0.05, 0) is 55.6 Å². The molecule has 1 aromatic carbocycles. The minimum atomic E-state index is -0.681. The van der Waals surface area contributed by atoms with E-state index in [1.165, 1.54) is 11.0 Å². The van der Waals surface area contributed by atoms with Crippen molar-refractivity contribution in [1.82, 2.24) is 30.6 Å². The van der Waals surface area contributed by atoms with Gasteiger partial charge >= 0.3 is 0 Å². The van der Waals surface area contributed by atoms with Crippen molar-refractivity contribution in [2.24, 2.45) is 5.92 Å². The number of rotatable bonds is 5. The smallest absolute Gasteiger partial charge is 0.257 e. The molecule has 12 heteroatoms. The van der Waals surface area contributed by atoms with Crippen molar-refractivity contribution in [3.8, 4) is 0 Å². The first kappa shape index (κ1) is 29.0. The second-order valence-corrected chi connectivity index (χ2v) is 11.4. The zero-order chi connectivity index (χ0) is 27.9. The monoisotopic (exact) mass is 560 g/mol. The molecule has 0 radical (unpaired) electrons. The van der Waals surface area contributed by atoms with E-state index < -0.39 is 17.8 Å². The third kappa shape index (κ3) is 7.57. The van der Waals surface area contributed by atoms with E-state index in [1.807, 2.05) is 25.0 Å². The minimum Gasteiger partial charge on any atom is -0.355 e. The quantitative estimate of drug-likeness (QED) is 0.572. The van der Waals surface area contributed by atoms with E-state index >= 15 is 0 Å². The van der Waals surface area contributed by atoms with Gasteiger partial charge in [-0.15, -0.1) is 0 Å². The van der Waals surface area contributed by atoms with E-state index in [1.54, 1.807) is 23.9 Å². The largest absolute Gasteiger partial charge is 0.355 e. The summed E-state index contributed by atoms with van der Waals surface area (Å²) in [6.07, 6.45) is 4.34. The fraction of sp³-hybridized carbons (Fsp3) is 0.593. The van der Waals surface area contributed by atoms with Crippen LogP contribution in [0.4, 0.5) is 4.39 Å². The molecule has 0 spiro atoms. The van der Waals surface area contributed by atoms with Crippen LogP contribution in [0.25, 0.3) is 0 Å². The maximum Gasteiger partial charge on any atom is 0.257 e. The maximum atomic E-state index is 14.7. The molecule has 2 aromatic rings. The predicted octanol–water partition coefficient (Wildman–Crippen LogP) is 2.38. The van der Waals surface area contributed by atoms with Crippen molar-refractivity contribution in [1.29, 1.82) is 0 Å². The molecule has 1 fully saturated rings. The normalized spacial score (nSPS) is 22.0. The summed E-state index contributed by atoms with van der Waals surface area (Å²) >= 11 is 1.59. The molecular formula is C27H37FN6O4S. The van der Waals surface area contributed by atoms with Crippen molar-refractivity contribution in [2.75, 3.05) is 32.4 Å². The number of aryl methyl sites for hydroxylation is 1. The van der Waals surface area contributed by atoms with E-state index in [0.717, 1.165) is 5.56 Å². The van der Waals surface area contributed by atoms with E-state index in [2.05, 4.69) is 20.8 Å². The zero-order valence-corrected chi connectivity index (χ0v) is 23.6. The Hall–Kier alpha value is -2.99. The number of fused-ring (bicyclic) bond motifs is 3. The van der Waals surface area contributed by atoms with Crippen molar-refractivity contribution < 1.29 is 23.3 Å². The van der Waals surface area contributed by atoms with Crippen LogP contribution in [0.5, 0.6) is 0 Å². The van der Waals surface area contributed by atoms with E-state index in [9.17, 15) is 18.8 Å². The molecule has 39 heavy (non-hydrogen) atoms. The summed E-state index contributed by atoms with van der Waals surface area (Å²) in [5.41, 5.74) is 0.782. The summed E-state index contributed by atoms with van der Waals surface area (Å²) in [4.78, 5) is 47.6. The molecule has 2 aliphatic heterocycles. The number of carbonyl (C=O) groups is 3. The lowest BCUT2D eigenvalue weighted by atomic mass is 10.0. The van der Waals surface area contributed by atoms with E-state index in [4.69, 9.17) is 4.52 Å². The Labute approximate surface area is 232 Å². The van der Waals surface area contributed by atoms with E-state index in [0.29, 0.717) is 62.8 Å². The molecule has 4 rings (SSSR count). The van der Waals surface area contributed by atoms with Crippen LogP contribution >= 0.6 is 11.8 Å². The van der Waals surface area contributed by atoms with Crippen LogP contribution in [-0.2, 0) is 28.3 Å². The third-order valence-corrected chi connectivity index (χ3v) is 7.69. The van der Waals surface area contributed by atoms with Gasteiger partial charge in [-0.2, -0.15) is 16.7 Å². The van der Waals surface area contributed by atoms with Gasteiger partial charge in [-0.3, -0.25) is 19.3 Å². The number of thioether (sulfide) groups is 1. The lowest BCUT2D eigenvalue weighted by Crippen LogP contribution is -2.53. The highest BCUT2D eigenvalue weighted by molar-refractivity contribution is 7.97. The van der Waals surface area contributed by atoms with Crippen LogP contribution in [0.1, 0.15) is 60.7 Å². The molecular weight excluding hydrogens is 523 g/mol. The number of aromatic nitrogens is 2. The molecule has 212 valence electrons. The highest BCUT2D eigenvalue weighted by Crippen LogP contribution is 2.23. The molecule has 0 saturated carbocycles. The topological polar surface area (TPSA) is 121 Å². The van der Waals surface area contributed by atoms with Gasteiger partial charge < -0.3 is 20.1 Å². The Morgan fingerprint density at radius 2 is 2.05 bits per heavy atom. The fourth-order valence-corrected chi connectivity index (χ4v) is 5.38. The number of benzene rings is 1. The Morgan fingerprint density at radius 3 is 2.82 bits per heavy atom. The van der Waals surface area contributed by atoms with Crippen molar-refractivity contribution in [3.63, 3.8) is 0 Å². The fourth-order valence-electron chi connectivity index (χ4n) is 5.01. The highest BCUT2D eigenvalue weighted by atomic mass is 32.2. The number of carbonyl (C=O) groups excluding carboxylic acids is 3. The van der Waals surface area contributed by atoms with Gasteiger partial charge in [0.15, 0.2) is 5.82 Å². The molecule has 2 bridgehead atoms. The predicted molar refractivity (Wildman–Crippen MR) is 145 cm³/mol. The van der Waals surface area contributed by atoms with Crippen LogP contribution in [0, 0.1) is 11.7 Å². The summed E-state index contributed by atoms with van der Waals surface area (Å²) in [5.74, 6) is 0.156. The third-order valence-electron chi connectivity index (χ3n) is 7.14. The Kier molecular flexibility index (Phi) is 9.95. The summed E-state index contributed by atoms with van der Waals surface area (Å²) in [5, 5.41) is 10.1. The van der Waals surface area contributed by atoms with Crippen LogP contribution < -0.4 is 10.6 Å². The van der Waals surface area contributed by atoms with Gasteiger partial charge in [-0.1, -0.05) is 25.1 Å². The maximum absolute atomic E-state index is 14.7. The number of hydrogen-bond acceptors (Lipinski definition) is 8. The molecule has 3 amide bonds. The number of amides is 3. The van der Waals surface area contributed by atoms with Crippen LogP contribution in [0.15, 0.2) is 22.7 Å². The van der Waals surface area contributed by atoms with Crippen LogP contribution in [-0.4, -0.2) is 82.2 Å². The lowest BCUT2D eigenvalue weighted by molar-refractivity contribution is -0.126. The van der Waals surface area contributed by atoms with Gasteiger partial charge in [0.05, 0.1) is 24.4 Å². The Balaban J connectivity index is 1.59. The van der Waals surface area contributed by atoms with Gasteiger partial charge in [0, 0.05) is 25.7 Å². The number of nitrogens with one attached hydrogen (secondary N) is 2. The first-order chi connectivity index (χ1) is 18.7. The zero-order valence-electron chi connectivity index (χ0n) is 22.7. The van der Waals surface area contributed by atoms with Gasteiger partial charge in [0.25, 0.3) is 5.91 Å². The molecule has 2 aliphatic rings. The highest BCUT2D eigenvalue weighted by Gasteiger charge is 2.37. The molecule has 10 nitrogen and oxygen atoms in total. The first-order valence-corrected chi connectivity index (χ1v) is 14.8. The second-order valence-electron chi connectivity index (χ2n) is 10.5. The molecule has 1 aromatic heterocycles. The lowest BCUT2D eigenvalue weighted by Gasteiger charge is -2.31. The van der Waals surface area contributed by atoms with Crippen molar-refractivity contribution >= 4 is 29.5 Å². The molecule has 2 atom stereocenters. The van der Waals surface area contributed by atoms with Gasteiger partial charge in [0.1, 0.15) is 11.9 Å². The average Bonchev–Trinajstić information content (AvgIpc) is 3.56. The summed E-state index contributed by atoms with van der Waals surface area (Å²) in [6.45, 7) is 5.53. The average molecular weight is 561 g/mol. The SMILES string of the molecule is CSCc1noc(CN2CC(=O)NCCCc3ccc(F)c(c3)C(=O)N3CCC[C@H]3C(=O)N[C@H](C(C)C)C2)n1. The van der Waals surface area contributed by atoms with Gasteiger partial charge in [0.2, 0.25) is 17.7 Å². The Bertz CT molecular complexity index is 1170.